The zero-order chi connectivity index (χ0) is 17.6. The van der Waals surface area contributed by atoms with Gasteiger partial charge in [0, 0.05) is 12.6 Å². The molecule has 2 N–H and O–H groups in total. The first kappa shape index (κ1) is 16.4. The van der Waals surface area contributed by atoms with E-state index < -0.39 is 5.97 Å². The van der Waals surface area contributed by atoms with Crippen molar-refractivity contribution in [2.75, 3.05) is 0 Å². The van der Waals surface area contributed by atoms with Gasteiger partial charge in [-0.05, 0) is 28.8 Å². The first-order chi connectivity index (χ1) is 12.2. The van der Waals surface area contributed by atoms with Crippen LogP contribution < -0.4 is 0 Å². The average molecular weight is 332 g/mol. The second kappa shape index (κ2) is 7.40. The summed E-state index contributed by atoms with van der Waals surface area (Å²) >= 11 is 0. The van der Waals surface area contributed by atoms with Gasteiger partial charge in [0.2, 0.25) is 0 Å². The van der Waals surface area contributed by atoms with E-state index >= 15 is 0 Å². The number of carboxylic acid groups (broad SMARTS) is 1. The summed E-state index contributed by atoms with van der Waals surface area (Å²) in [5.41, 5.74) is 3.85. The van der Waals surface area contributed by atoms with Gasteiger partial charge in [0.05, 0.1) is 11.3 Å². The molecule has 0 saturated carbocycles. The van der Waals surface area contributed by atoms with Crippen LogP contribution >= 0.6 is 0 Å². The number of hydrogen-bond donors (Lipinski definition) is 2. The zero-order valence-electron chi connectivity index (χ0n) is 13.3. The SMILES string of the molecule is O=C(O)c1ccnc(/C(Cc2cccc(-c3ccccc3)c2)=N/O)c1. The van der Waals surface area contributed by atoms with Crippen molar-refractivity contribution in [3.8, 4) is 11.1 Å². The Kier molecular flexibility index (Phi) is 4.85. The van der Waals surface area contributed by atoms with Crippen LogP contribution in [-0.2, 0) is 6.42 Å². The Morgan fingerprint density at radius 1 is 0.960 bits per heavy atom. The van der Waals surface area contributed by atoms with Crippen LogP contribution in [0, 0.1) is 0 Å². The van der Waals surface area contributed by atoms with E-state index in [0.717, 1.165) is 16.7 Å². The van der Waals surface area contributed by atoms with Crippen LogP contribution in [0.15, 0.2) is 78.1 Å². The molecule has 2 aromatic carbocycles. The number of benzene rings is 2. The molecule has 3 rings (SSSR count). The van der Waals surface area contributed by atoms with Crippen molar-refractivity contribution in [3.63, 3.8) is 0 Å². The monoisotopic (exact) mass is 332 g/mol. The summed E-state index contributed by atoms with van der Waals surface area (Å²) in [5, 5.41) is 21.8. The van der Waals surface area contributed by atoms with E-state index in [4.69, 9.17) is 5.11 Å². The number of nitrogens with zero attached hydrogens (tertiary/aromatic N) is 2. The second-order valence-corrected chi connectivity index (χ2v) is 5.52. The van der Waals surface area contributed by atoms with Gasteiger partial charge in [-0.2, -0.15) is 0 Å². The third-order valence-electron chi connectivity index (χ3n) is 3.83. The number of carboxylic acids is 1. The smallest absolute Gasteiger partial charge is 0.335 e. The Labute approximate surface area is 144 Å². The molecule has 0 atom stereocenters. The Morgan fingerprint density at radius 3 is 2.44 bits per heavy atom. The lowest BCUT2D eigenvalue weighted by molar-refractivity contribution is 0.0696. The molecule has 1 aromatic heterocycles. The Balaban J connectivity index is 1.88. The predicted molar refractivity (Wildman–Crippen MR) is 95.1 cm³/mol. The standard InChI is InChI=1S/C20H16N2O3/c23-20(24)17-9-10-21-18(13-17)19(22-25)12-14-5-4-8-16(11-14)15-6-2-1-3-7-15/h1-11,13,25H,12H2,(H,23,24)/b22-19+. The van der Waals surface area contributed by atoms with Gasteiger partial charge in [-0.1, -0.05) is 59.8 Å². The van der Waals surface area contributed by atoms with Crippen LogP contribution in [0.2, 0.25) is 0 Å². The molecule has 0 aliphatic rings. The summed E-state index contributed by atoms with van der Waals surface area (Å²) in [7, 11) is 0. The summed E-state index contributed by atoms with van der Waals surface area (Å²) in [6.45, 7) is 0. The average Bonchev–Trinajstić information content (AvgIpc) is 2.67. The molecule has 0 aliphatic carbocycles. The van der Waals surface area contributed by atoms with Crippen molar-refractivity contribution in [1.29, 1.82) is 0 Å². The third-order valence-corrected chi connectivity index (χ3v) is 3.83. The summed E-state index contributed by atoms with van der Waals surface area (Å²) in [6, 6.07) is 20.7. The molecule has 0 spiro atoms. The largest absolute Gasteiger partial charge is 0.478 e. The topological polar surface area (TPSA) is 82.8 Å². The summed E-state index contributed by atoms with van der Waals surface area (Å²) in [5.74, 6) is -1.05. The van der Waals surface area contributed by atoms with Gasteiger partial charge in [0.15, 0.2) is 0 Å². The maximum absolute atomic E-state index is 11.1. The van der Waals surface area contributed by atoms with Gasteiger partial charge in [0.1, 0.15) is 5.71 Å². The Bertz CT molecular complexity index is 921. The molecule has 0 bridgehead atoms. The molecule has 1 heterocycles. The lowest BCUT2D eigenvalue weighted by Crippen LogP contribution is -2.09. The minimum Gasteiger partial charge on any atom is -0.478 e. The van der Waals surface area contributed by atoms with Gasteiger partial charge in [-0.25, -0.2) is 4.79 Å². The highest BCUT2D eigenvalue weighted by atomic mass is 16.4. The van der Waals surface area contributed by atoms with E-state index in [-0.39, 0.29) is 5.56 Å². The number of oxime groups is 1. The molecule has 25 heavy (non-hydrogen) atoms. The van der Waals surface area contributed by atoms with Crippen LogP contribution in [0.25, 0.3) is 11.1 Å². The molecule has 0 aliphatic heterocycles. The number of hydrogen-bond acceptors (Lipinski definition) is 4. The van der Waals surface area contributed by atoms with Crippen molar-refractivity contribution >= 4 is 11.7 Å². The Morgan fingerprint density at radius 2 is 1.72 bits per heavy atom. The van der Waals surface area contributed by atoms with E-state index in [1.54, 1.807) is 0 Å². The number of rotatable bonds is 5. The first-order valence-electron chi connectivity index (χ1n) is 7.72. The maximum Gasteiger partial charge on any atom is 0.335 e. The fourth-order valence-corrected chi connectivity index (χ4v) is 2.58. The second-order valence-electron chi connectivity index (χ2n) is 5.52. The van der Waals surface area contributed by atoms with Gasteiger partial charge in [-0.3, -0.25) is 4.98 Å². The van der Waals surface area contributed by atoms with E-state index in [1.807, 2.05) is 54.6 Å². The van der Waals surface area contributed by atoms with E-state index in [2.05, 4.69) is 10.1 Å². The van der Waals surface area contributed by atoms with Crippen LogP contribution in [0.5, 0.6) is 0 Å². The van der Waals surface area contributed by atoms with E-state index in [1.165, 1.54) is 18.3 Å². The minimum absolute atomic E-state index is 0.101. The normalized spacial score (nSPS) is 11.3. The lowest BCUT2D eigenvalue weighted by atomic mass is 9.99. The van der Waals surface area contributed by atoms with Crippen molar-refractivity contribution in [2.24, 2.45) is 5.16 Å². The minimum atomic E-state index is -1.05. The number of aromatic carboxylic acids is 1. The van der Waals surface area contributed by atoms with Crippen LogP contribution in [0.3, 0.4) is 0 Å². The van der Waals surface area contributed by atoms with Gasteiger partial charge in [-0.15, -0.1) is 0 Å². The first-order valence-corrected chi connectivity index (χ1v) is 7.72. The third kappa shape index (κ3) is 3.90. The van der Waals surface area contributed by atoms with Crippen LogP contribution in [-0.4, -0.2) is 27.0 Å². The molecule has 0 radical (unpaired) electrons. The van der Waals surface area contributed by atoms with E-state index in [0.29, 0.717) is 17.8 Å². The fraction of sp³-hybridized carbons (Fsp3) is 0.0500. The van der Waals surface area contributed by atoms with Gasteiger partial charge < -0.3 is 10.3 Å². The molecule has 0 unspecified atom stereocenters. The molecule has 5 heteroatoms. The van der Waals surface area contributed by atoms with Crippen LogP contribution in [0.1, 0.15) is 21.6 Å². The van der Waals surface area contributed by atoms with Gasteiger partial charge >= 0.3 is 5.97 Å². The molecule has 0 fully saturated rings. The molecular formula is C20H16N2O3. The van der Waals surface area contributed by atoms with E-state index in [9.17, 15) is 10.0 Å². The highest BCUT2D eigenvalue weighted by molar-refractivity contribution is 6.01. The quantitative estimate of drug-likeness (QED) is 0.422. The van der Waals surface area contributed by atoms with Crippen molar-refractivity contribution < 1.29 is 15.1 Å². The summed E-state index contributed by atoms with van der Waals surface area (Å²) in [6.07, 6.45) is 1.73. The van der Waals surface area contributed by atoms with Crippen molar-refractivity contribution in [2.45, 2.75) is 6.42 Å². The molecule has 3 aromatic rings. The van der Waals surface area contributed by atoms with Crippen molar-refractivity contribution in [1.82, 2.24) is 4.98 Å². The Hall–Kier alpha value is -3.47. The molecular weight excluding hydrogens is 316 g/mol. The maximum atomic E-state index is 11.1. The summed E-state index contributed by atoms with van der Waals surface area (Å²) in [4.78, 5) is 15.2. The highest BCUT2D eigenvalue weighted by Crippen LogP contribution is 2.21. The lowest BCUT2D eigenvalue weighted by Gasteiger charge is -2.08. The number of carbonyl (C=O) groups is 1. The van der Waals surface area contributed by atoms with Gasteiger partial charge in [0.25, 0.3) is 0 Å². The molecule has 124 valence electrons. The molecule has 0 saturated heterocycles. The number of pyridine rings is 1. The molecule has 0 amide bonds. The van der Waals surface area contributed by atoms with Crippen molar-refractivity contribution in [3.05, 3.63) is 89.7 Å². The molecule has 5 nitrogen and oxygen atoms in total. The van der Waals surface area contributed by atoms with Crippen LogP contribution in [0.4, 0.5) is 0 Å². The summed E-state index contributed by atoms with van der Waals surface area (Å²) < 4.78 is 0. The predicted octanol–water partition coefficient (Wildman–Crippen LogP) is 3.87. The fourth-order valence-electron chi connectivity index (χ4n) is 2.58. The number of aromatic nitrogens is 1. The highest BCUT2D eigenvalue weighted by Gasteiger charge is 2.11. The zero-order valence-corrected chi connectivity index (χ0v) is 13.3.